The summed E-state index contributed by atoms with van der Waals surface area (Å²) in [5.41, 5.74) is 0.636. The fourth-order valence-electron chi connectivity index (χ4n) is 1.94. The van der Waals surface area contributed by atoms with Gasteiger partial charge in [0.1, 0.15) is 5.69 Å². The molecule has 2 heterocycles. The third-order valence-corrected chi connectivity index (χ3v) is 3.42. The van der Waals surface area contributed by atoms with E-state index in [1.165, 1.54) is 0 Å². The van der Waals surface area contributed by atoms with Crippen molar-refractivity contribution in [3.05, 3.63) is 16.4 Å². The van der Waals surface area contributed by atoms with Crippen LogP contribution in [0.2, 0.25) is 0 Å². The molecule has 2 atom stereocenters. The van der Waals surface area contributed by atoms with Crippen molar-refractivity contribution in [2.24, 2.45) is 13.0 Å². The lowest BCUT2D eigenvalue weighted by molar-refractivity contribution is 0.0755. The van der Waals surface area contributed by atoms with Crippen LogP contribution in [0.5, 0.6) is 0 Å². The summed E-state index contributed by atoms with van der Waals surface area (Å²) in [5.74, 6) is 0.0866. The second-order valence-corrected chi connectivity index (χ2v) is 4.65. The molecule has 82 valence electrons. The standard InChI is InChI=1S/C10H13BrN2O2/c1-6-7(3-4-15-6)10(14)9-8(11)5-12-13(9)2/h5-7H,3-4H2,1-2H3. The Hall–Kier alpha value is -0.680. The van der Waals surface area contributed by atoms with E-state index in [1.54, 1.807) is 17.9 Å². The molecular weight excluding hydrogens is 260 g/mol. The summed E-state index contributed by atoms with van der Waals surface area (Å²) in [4.78, 5) is 12.2. The number of carbonyl (C=O) groups is 1. The van der Waals surface area contributed by atoms with E-state index in [0.717, 1.165) is 10.9 Å². The van der Waals surface area contributed by atoms with Crippen LogP contribution in [0.25, 0.3) is 0 Å². The number of aromatic nitrogens is 2. The van der Waals surface area contributed by atoms with Gasteiger partial charge in [0.05, 0.1) is 22.7 Å². The molecule has 15 heavy (non-hydrogen) atoms. The molecule has 2 unspecified atom stereocenters. The highest BCUT2D eigenvalue weighted by molar-refractivity contribution is 9.10. The molecule has 0 N–H and O–H groups in total. The molecule has 4 nitrogen and oxygen atoms in total. The monoisotopic (exact) mass is 272 g/mol. The fraction of sp³-hybridized carbons (Fsp3) is 0.600. The number of aryl methyl sites for hydroxylation is 1. The summed E-state index contributed by atoms with van der Waals surface area (Å²) in [5, 5.41) is 4.04. The second kappa shape index (κ2) is 4.06. The van der Waals surface area contributed by atoms with Gasteiger partial charge in [-0.15, -0.1) is 0 Å². The van der Waals surface area contributed by atoms with Crippen molar-refractivity contribution in [2.45, 2.75) is 19.4 Å². The first-order valence-corrected chi connectivity index (χ1v) is 5.74. The highest BCUT2D eigenvalue weighted by Crippen LogP contribution is 2.27. The smallest absolute Gasteiger partial charge is 0.187 e. The average Bonchev–Trinajstić information content (AvgIpc) is 2.73. The highest BCUT2D eigenvalue weighted by Gasteiger charge is 2.33. The van der Waals surface area contributed by atoms with Crippen molar-refractivity contribution in [3.63, 3.8) is 0 Å². The molecule has 1 aliphatic rings. The van der Waals surface area contributed by atoms with Gasteiger partial charge >= 0.3 is 0 Å². The molecule has 0 saturated carbocycles. The van der Waals surface area contributed by atoms with Gasteiger partial charge in [0, 0.05) is 13.7 Å². The summed E-state index contributed by atoms with van der Waals surface area (Å²) < 4.78 is 7.77. The predicted molar refractivity (Wildman–Crippen MR) is 58.8 cm³/mol. The zero-order valence-electron chi connectivity index (χ0n) is 8.74. The van der Waals surface area contributed by atoms with Crippen LogP contribution in [0.1, 0.15) is 23.8 Å². The fourth-order valence-corrected chi connectivity index (χ4v) is 2.48. The molecule has 0 radical (unpaired) electrons. The predicted octanol–water partition coefficient (Wildman–Crippen LogP) is 1.79. The van der Waals surface area contributed by atoms with Crippen LogP contribution in [0.3, 0.4) is 0 Å². The lowest BCUT2D eigenvalue weighted by Gasteiger charge is -2.12. The second-order valence-electron chi connectivity index (χ2n) is 3.80. The Labute approximate surface area is 96.7 Å². The van der Waals surface area contributed by atoms with Crippen LogP contribution < -0.4 is 0 Å². The van der Waals surface area contributed by atoms with Crippen molar-refractivity contribution < 1.29 is 9.53 Å². The number of halogens is 1. The van der Waals surface area contributed by atoms with Crippen molar-refractivity contribution in [1.82, 2.24) is 9.78 Å². The van der Waals surface area contributed by atoms with Gasteiger partial charge in [0.25, 0.3) is 0 Å². The van der Waals surface area contributed by atoms with E-state index in [-0.39, 0.29) is 17.8 Å². The first-order chi connectivity index (χ1) is 7.11. The zero-order chi connectivity index (χ0) is 11.0. The summed E-state index contributed by atoms with van der Waals surface area (Å²) in [6.45, 7) is 2.62. The molecule has 0 amide bonds. The average molecular weight is 273 g/mol. The van der Waals surface area contributed by atoms with Gasteiger partial charge in [-0.2, -0.15) is 5.10 Å². The Morgan fingerprint density at radius 3 is 2.93 bits per heavy atom. The van der Waals surface area contributed by atoms with Gasteiger partial charge in [-0.3, -0.25) is 9.48 Å². The summed E-state index contributed by atoms with van der Waals surface area (Å²) in [6, 6.07) is 0. The molecule has 1 fully saturated rings. The van der Waals surface area contributed by atoms with Crippen molar-refractivity contribution in [3.8, 4) is 0 Å². The number of nitrogens with zero attached hydrogens (tertiary/aromatic N) is 2. The van der Waals surface area contributed by atoms with Gasteiger partial charge in [0.2, 0.25) is 0 Å². The lowest BCUT2D eigenvalue weighted by Crippen LogP contribution is -2.24. The van der Waals surface area contributed by atoms with Crippen molar-refractivity contribution in [2.75, 3.05) is 6.61 Å². The lowest BCUT2D eigenvalue weighted by atomic mass is 9.95. The minimum atomic E-state index is -0.0308. The first-order valence-electron chi connectivity index (χ1n) is 4.94. The molecule has 0 aliphatic carbocycles. The van der Waals surface area contributed by atoms with E-state index in [4.69, 9.17) is 4.74 Å². The van der Waals surface area contributed by atoms with Gasteiger partial charge in [-0.25, -0.2) is 0 Å². The topological polar surface area (TPSA) is 44.1 Å². The van der Waals surface area contributed by atoms with E-state index >= 15 is 0 Å². The number of hydrogen-bond donors (Lipinski definition) is 0. The van der Waals surface area contributed by atoms with Crippen LogP contribution in [0.4, 0.5) is 0 Å². The zero-order valence-corrected chi connectivity index (χ0v) is 10.3. The maximum Gasteiger partial charge on any atom is 0.187 e. The number of carbonyl (C=O) groups excluding carboxylic acids is 1. The third kappa shape index (κ3) is 1.86. The quantitative estimate of drug-likeness (QED) is 0.772. The number of ether oxygens (including phenoxy) is 1. The SMILES string of the molecule is CC1OCCC1C(=O)c1c(Br)cnn1C. The van der Waals surface area contributed by atoms with E-state index < -0.39 is 0 Å². The van der Waals surface area contributed by atoms with Crippen molar-refractivity contribution in [1.29, 1.82) is 0 Å². The minimum absolute atomic E-state index is 0.0132. The van der Waals surface area contributed by atoms with Gasteiger partial charge in [-0.1, -0.05) is 0 Å². The molecule has 5 heteroatoms. The van der Waals surface area contributed by atoms with E-state index in [2.05, 4.69) is 21.0 Å². The molecule has 0 spiro atoms. The van der Waals surface area contributed by atoms with Gasteiger partial charge in [-0.05, 0) is 29.3 Å². The Balaban J connectivity index is 2.28. The molecule has 0 bridgehead atoms. The van der Waals surface area contributed by atoms with Gasteiger partial charge < -0.3 is 4.74 Å². The minimum Gasteiger partial charge on any atom is -0.378 e. The maximum absolute atomic E-state index is 12.2. The number of hydrogen-bond acceptors (Lipinski definition) is 3. The number of rotatable bonds is 2. The molecule has 0 aromatic carbocycles. The summed E-state index contributed by atoms with van der Waals surface area (Å²) in [7, 11) is 1.78. The Kier molecular flexibility index (Phi) is 2.93. The molecular formula is C10H13BrN2O2. The molecule has 1 saturated heterocycles. The highest BCUT2D eigenvalue weighted by atomic mass is 79.9. The Bertz CT molecular complexity index is 369. The van der Waals surface area contributed by atoms with Crippen LogP contribution in [-0.4, -0.2) is 28.3 Å². The van der Waals surface area contributed by atoms with E-state index in [1.807, 2.05) is 6.92 Å². The number of Topliss-reactive ketones (excluding diaryl/α,β-unsaturated/α-hetero) is 1. The molecule has 1 aromatic rings. The van der Waals surface area contributed by atoms with Crippen LogP contribution in [-0.2, 0) is 11.8 Å². The molecule has 1 aliphatic heterocycles. The van der Waals surface area contributed by atoms with Crippen LogP contribution in [0, 0.1) is 5.92 Å². The van der Waals surface area contributed by atoms with Crippen LogP contribution >= 0.6 is 15.9 Å². The normalized spacial score (nSPS) is 25.8. The summed E-state index contributed by atoms with van der Waals surface area (Å²) >= 11 is 3.34. The molecule has 2 rings (SSSR count). The molecule has 1 aromatic heterocycles. The largest absolute Gasteiger partial charge is 0.378 e. The first kappa shape index (κ1) is 10.8. The third-order valence-electron chi connectivity index (χ3n) is 2.84. The Morgan fingerprint density at radius 1 is 1.73 bits per heavy atom. The van der Waals surface area contributed by atoms with E-state index in [0.29, 0.717) is 12.3 Å². The van der Waals surface area contributed by atoms with E-state index in [9.17, 15) is 4.79 Å². The summed E-state index contributed by atoms with van der Waals surface area (Å²) in [6.07, 6.45) is 2.46. The maximum atomic E-state index is 12.2. The number of ketones is 1. The van der Waals surface area contributed by atoms with Crippen molar-refractivity contribution >= 4 is 21.7 Å². The Morgan fingerprint density at radius 2 is 2.47 bits per heavy atom. The van der Waals surface area contributed by atoms with Gasteiger partial charge in [0.15, 0.2) is 5.78 Å². The van der Waals surface area contributed by atoms with Crippen LogP contribution in [0.15, 0.2) is 10.7 Å².